The van der Waals surface area contributed by atoms with E-state index in [0.29, 0.717) is 16.0 Å². The van der Waals surface area contributed by atoms with Gasteiger partial charge in [-0.2, -0.15) is 4.73 Å². The van der Waals surface area contributed by atoms with Gasteiger partial charge in [0, 0.05) is 18.0 Å². The molecular weight excluding hydrogens is 264 g/mol. The summed E-state index contributed by atoms with van der Waals surface area (Å²) in [5.74, 6) is 0. The topological polar surface area (TPSA) is 72.2 Å². The molecule has 1 N–H and O–H groups in total. The lowest BCUT2D eigenvalue weighted by molar-refractivity contribution is 0.158. The number of hydrogen-bond donors (Lipinski definition) is 1. The summed E-state index contributed by atoms with van der Waals surface area (Å²) in [6, 6.07) is 11.1. The maximum atomic E-state index is 12.6. The molecular formula is C13H10N2O3S. The van der Waals surface area contributed by atoms with Gasteiger partial charge in [-0.25, -0.2) is 8.42 Å². The van der Waals surface area contributed by atoms with E-state index in [0.717, 1.165) is 0 Å². The van der Waals surface area contributed by atoms with Crippen molar-refractivity contribution in [3.8, 4) is 11.3 Å². The molecule has 0 spiro atoms. The number of hydrogen-bond acceptors (Lipinski definition) is 4. The maximum Gasteiger partial charge on any atom is 0.225 e. The zero-order valence-electron chi connectivity index (χ0n) is 9.76. The Morgan fingerprint density at radius 2 is 1.79 bits per heavy atom. The average Bonchev–Trinajstić information content (AvgIpc) is 2.87. The second-order valence-electron chi connectivity index (χ2n) is 4.03. The van der Waals surface area contributed by atoms with Crippen LogP contribution in [0.3, 0.4) is 0 Å². The van der Waals surface area contributed by atoms with Crippen LogP contribution in [0.5, 0.6) is 0 Å². The average molecular weight is 274 g/mol. The molecule has 2 aliphatic rings. The zero-order chi connectivity index (χ0) is 13.5. The van der Waals surface area contributed by atoms with Crippen molar-refractivity contribution in [3.63, 3.8) is 0 Å². The quantitative estimate of drug-likeness (QED) is 0.726. The van der Waals surface area contributed by atoms with Crippen LogP contribution in [-0.2, 0) is 9.84 Å². The fourth-order valence-corrected chi connectivity index (χ4v) is 3.48. The van der Waals surface area contributed by atoms with Crippen LogP contribution in [0, 0.1) is 0 Å². The molecule has 2 heterocycles. The van der Waals surface area contributed by atoms with Gasteiger partial charge in [0.15, 0.2) is 5.03 Å². The van der Waals surface area contributed by atoms with Crippen LogP contribution < -0.4 is 0 Å². The summed E-state index contributed by atoms with van der Waals surface area (Å²) in [7, 11) is -3.79. The van der Waals surface area contributed by atoms with E-state index in [4.69, 9.17) is 0 Å². The molecule has 0 aliphatic carbocycles. The molecule has 0 unspecified atom stereocenters. The fourth-order valence-electron chi connectivity index (χ4n) is 1.97. The van der Waals surface area contributed by atoms with Crippen LogP contribution in [-0.4, -0.2) is 23.3 Å². The van der Waals surface area contributed by atoms with Crippen molar-refractivity contribution in [3.05, 3.63) is 54.9 Å². The van der Waals surface area contributed by atoms with E-state index in [1.54, 1.807) is 30.3 Å². The van der Waals surface area contributed by atoms with Gasteiger partial charge in [-0.05, 0) is 24.3 Å². The summed E-state index contributed by atoms with van der Waals surface area (Å²) in [6.45, 7) is 0. The van der Waals surface area contributed by atoms with Crippen LogP contribution in [0.4, 0.5) is 0 Å². The molecule has 0 radical (unpaired) electrons. The van der Waals surface area contributed by atoms with Crippen LogP contribution in [0.25, 0.3) is 11.3 Å². The van der Waals surface area contributed by atoms with Crippen LogP contribution in [0.1, 0.15) is 0 Å². The van der Waals surface area contributed by atoms with Crippen molar-refractivity contribution in [2.24, 2.45) is 0 Å². The van der Waals surface area contributed by atoms with Crippen molar-refractivity contribution in [1.82, 2.24) is 9.71 Å². The van der Waals surface area contributed by atoms with Gasteiger partial charge in [0.25, 0.3) is 0 Å². The summed E-state index contributed by atoms with van der Waals surface area (Å²) in [5.41, 5.74) is 0.925. The number of fused-ring (bicyclic) bond motifs is 1. The number of benzene rings is 1. The molecule has 0 amide bonds. The van der Waals surface area contributed by atoms with E-state index in [1.807, 2.05) is 0 Å². The predicted octanol–water partition coefficient (Wildman–Crippen LogP) is 2.06. The summed E-state index contributed by atoms with van der Waals surface area (Å²) in [5, 5.41) is 9.66. The van der Waals surface area contributed by atoms with Crippen molar-refractivity contribution < 1.29 is 13.6 Å². The highest BCUT2D eigenvalue weighted by molar-refractivity contribution is 7.91. The van der Waals surface area contributed by atoms with E-state index in [9.17, 15) is 13.6 Å². The van der Waals surface area contributed by atoms with Gasteiger partial charge < -0.3 is 5.21 Å². The highest BCUT2D eigenvalue weighted by atomic mass is 32.2. The molecule has 0 saturated carbocycles. The van der Waals surface area contributed by atoms with E-state index in [-0.39, 0.29) is 9.92 Å². The molecule has 1 aromatic rings. The Balaban J connectivity index is 2.31. The van der Waals surface area contributed by atoms with Crippen molar-refractivity contribution in [1.29, 1.82) is 0 Å². The second kappa shape index (κ2) is 4.10. The molecule has 0 saturated heterocycles. The van der Waals surface area contributed by atoms with Crippen LogP contribution in [0.15, 0.2) is 64.8 Å². The van der Waals surface area contributed by atoms with Gasteiger partial charge in [0.05, 0.1) is 10.6 Å². The Morgan fingerprint density at radius 3 is 2.53 bits per heavy atom. The first kappa shape index (κ1) is 11.7. The van der Waals surface area contributed by atoms with Crippen molar-refractivity contribution >= 4 is 9.84 Å². The van der Waals surface area contributed by atoms with Gasteiger partial charge in [-0.3, -0.25) is 4.98 Å². The number of sulfone groups is 1. The van der Waals surface area contributed by atoms with E-state index < -0.39 is 9.84 Å². The molecule has 0 aromatic heterocycles. The Labute approximate surface area is 110 Å². The molecule has 0 fully saturated rings. The third-order valence-electron chi connectivity index (χ3n) is 2.85. The van der Waals surface area contributed by atoms with Gasteiger partial charge >= 0.3 is 0 Å². The maximum absolute atomic E-state index is 12.6. The summed E-state index contributed by atoms with van der Waals surface area (Å²) >= 11 is 0. The van der Waals surface area contributed by atoms with Crippen molar-refractivity contribution in [2.75, 3.05) is 0 Å². The minimum atomic E-state index is -3.79. The predicted molar refractivity (Wildman–Crippen MR) is 67.9 cm³/mol. The van der Waals surface area contributed by atoms with Crippen molar-refractivity contribution in [2.45, 2.75) is 9.92 Å². The standard InChI is InChI=1S/C13H10N2O3S/c16-15-9-7-12-11(6-8-14-12)13(15)19(17,18)10-4-2-1-3-5-10/h1-9,16H. The van der Waals surface area contributed by atoms with Gasteiger partial charge in [-0.1, -0.05) is 18.2 Å². The first-order chi connectivity index (χ1) is 9.10. The molecule has 19 heavy (non-hydrogen) atoms. The SMILES string of the molecule is O=S(=O)(c1ccccc1)c1c2ccnc-2ccn1O. The monoisotopic (exact) mass is 274 g/mol. The minimum Gasteiger partial charge on any atom is -0.428 e. The highest BCUT2D eigenvalue weighted by Crippen LogP contribution is 2.31. The third kappa shape index (κ3) is 1.77. The molecule has 2 aliphatic heterocycles. The lowest BCUT2D eigenvalue weighted by atomic mass is 10.2. The largest absolute Gasteiger partial charge is 0.428 e. The van der Waals surface area contributed by atoms with E-state index in [2.05, 4.69) is 4.98 Å². The molecule has 5 nitrogen and oxygen atoms in total. The Morgan fingerprint density at radius 1 is 1.05 bits per heavy atom. The van der Waals surface area contributed by atoms with Crippen LogP contribution >= 0.6 is 0 Å². The van der Waals surface area contributed by atoms with Gasteiger partial charge in [0.1, 0.15) is 0 Å². The number of pyridine rings is 1. The number of rotatable bonds is 2. The van der Waals surface area contributed by atoms with E-state index in [1.165, 1.54) is 24.5 Å². The Bertz CT molecular complexity index is 794. The fraction of sp³-hybridized carbons (Fsp3) is 0. The third-order valence-corrected chi connectivity index (χ3v) is 4.66. The normalized spacial score (nSPS) is 11.8. The first-order valence-corrected chi connectivity index (χ1v) is 7.04. The second-order valence-corrected chi connectivity index (χ2v) is 5.89. The van der Waals surface area contributed by atoms with Crippen LogP contribution in [0.2, 0.25) is 0 Å². The molecule has 1 aromatic carbocycles. The Hall–Kier alpha value is -2.34. The zero-order valence-corrected chi connectivity index (χ0v) is 10.6. The van der Waals surface area contributed by atoms with Gasteiger partial charge in [0.2, 0.25) is 9.84 Å². The summed E-state index contributed by atoms with van der Waals surface area (Å²) < 4.78 is 25.7. The highest BCUT2D eigenvalue weighted by Gasteiger charge is 2.27. The molecule has 0 bridgehead atoms. The summed E-state index contributed by atoms with van der Waals surface area (Å²) in [6.07, 6.45) is 2.78. The minimum absolute atomic E-state index is 0.131. The molecule has 3 rings (SSSR count). The lowest BCUT2D eigenvalue weighted by Gasteiger charge is -2.12. The molecule has 96 valence electrons. The van der Waals surface area contributed by atoms with E-state index >= 15 is 0 Å². The Kier molecular flexibility index (Phi) is 2.53. The number of aromatic nitrogens is 2. The molecule has 6 heteroatoms. The lowest BCUT2D eigenvalue weighted by Crippen LogP contribution is -2.12. The van der Waals surface area contributed by atoms with Gasteiger partial charge in [-0.15, -0.1) is 0 Å². The smallest absolute Gasteiger partial charge is 0.225 e. The first-order valence-electron chi connectivity index (χ1n) is 5.56. The molecule has 0 atom stereocenters. The number of nitrogens with zero attached hydrogens (tertiary/aromatic N) is 2. The summed E-state index contributed by atoms with van der Waals surface area (Å²) in [4.78, 5) is 4.17.